The van der Waals surface area contributed by atoms with Crippen LogP contribution in [0.15, 0.2) is 64.1 Å². The van der Waals surface area contributed by atoms with Crippen LogP contribution in [-0.4, -0.2) is 13.6 Å². The van der Waals surface area contributed by atoms with Gasteiger partial charge in [-0.3, -0.25) is 0 Å². The lowest BCUT2D eigenvalue weighted by atomic mass is 10.2. The molecule has 1 heterocycles. The highest BCUT2D eigenvalue weighted by Gasteiger charge is 2.18. The summed E-state index contributed by atoms with van der Waals surface area (Å²) in [5.41, 5.74) is 0.812. The number of benzene rings is 2. The highest BCUT2D eigenvalue weighted by atomic mass is 79.9. The Labute approximate surface area is 121 Å². The second-order valence-electron chi connectivity index (χ2n) is 4.07. The minimum absolute atomic E-state index is 0.191. The van der Waals surface area contributed by atoms with Crippen molar-refractivity contribution in [2.24, 2.45) is 0 Å². The number of hydrogen-bond acceptors (Lipinski definition) is 2. The van der Waals surface area contributed by atoms with Crippen LogP contribution in [0, 0.1) is 0 Å². The van der Waals surface area contributed by atoms with E-state index in [1.807, 2.05) is 30.3 Å². The van der Waals surface area contributed by atoms with Gasteiger partial charge in [-0.15, -0.1) is 0 Å². The van der Waals surface area contributed by atoms with E-state index < -0.39 is 11.4 Å². The van der Waals surface area contributed by atoms with Crippen LogP contribution >= 0.6 is 15.9 Å². The number of halogens is 1. The third kappa shape index (κ3) is 2.25. The Morgan fingerprint density at radius 2 is 1.84 bits per heavy atom. The molecule has 0 bridgehead atoms. The molecule has 0 saturated heterocycles. The van der Waals surface area contributed by atoms with Gasteiger partial charge in [0.1, 0.15) is 17.1 Å². The molecule has 3 nitrogen and oxygen atoms in total. The van der Waals surface area contributed by atoms with Crippen molar-refractivity contribution in [3.05, 3.63) is 59.2 Å². The van der Waals surface area contributed by atoms with Crippen molar-refractivity contribution in [3.63, 3.8) is 0 Å². The Morgan fingerprint density at radius 1 is 1.11 bits per heavy atom. The van der Waals surface area contributed by atoms with Gasteiger partial charge in [0, 0.05) is 9.86 Å². The molecular weight excluding hydrogens is 326 g/mol. The highest BCUT2D eigenvalue weighted by molar-refractivity contribution is 9.10. The van der Waals surface area contributed by atoms with Crippen molar-refractivity contribution in [1.29, 1.82) is 0 Å². The van der Waals surface area contributed by atoms with Crippen molar-refractivity contribution in [1.82, 2.24) is 3.97 Å². The van der Waals surface area contributed by atoms with Gasteiger partial charge in [-0.1, -0.05) is 18.2 Å². The molecule has 0 saturated carbocycles. The minimum Gasteiger partial charge on any atom is -0.587 e. The number of aromatic nitrogens is 1. The first-order valence-corrected chi connectivity index (χ1v) is 7.53. The standard InChI is InChI=1S/C14H10BrNO2S/c15-13-9-16(14-7-6-10(17)8-12(13)14)19(18)11-4-2-1-3-5-11/h1-9,17H. The van der Waals surface area contributed by atoms with E-state index in [0.29, 0.717) is 0 Å². The molecule has 3 aromatic rings. The third-order valence-corrected chi connectivity index (χ3v) is 4.80. The van der Waals surface area contributed by atoms with Gasteiger partial charge in [-0.05, 0) is 46.3 Å². The summed E-state index contributed by atoms with van der Waals surface area (Å²) in [6.45, 7) is 0. The van der Waals surface area contributed by atoms with Crippen LogP contribution in [-0.2, 0) is 11.4 Å². The number of fused-ring (bicyclic) bond motifs is 1. The average Bonchev–Trinajstić information content (AvgIpc) is 2.76. The molecule has 2 aromatic carbocycles. The van der Waals surface area contributed by atoms with E-state index in [1.165, 1.54) is 0 Å². The maximum absolute atomic E-state index is 12.5. The van der Waals surface area contributed by atoms with Gasteiger partial charge in [0.2, 0.25) is 0 Å². The lowest BCUT2D eigenvalue weighted by Gasteiger charge is -2.10. The zero-order valence-electron chi connectivity index (χ0n) is 9.79. The first-order valence-electron chi connectivity index (χ1n) is 5.64. The van der Waals surface area contributed by atoms with Gasteiger partial charge in [-0.2, -0.15) is 3.97 Å². The molecule has 0 aliphatic carbocycles. The summed E-state index contributed by atoms with van der Waals surface area (Å²) in [6, 6.07) is 14.3. The van der Waals surface area contributed by atoms with Gasteiger partial charge in [0.15, 0.2) is 4.90 Å². The van der Waals surface area contributed by atoms with Gasteiger partial charge in [0.25, 0.3) is 0 Å². The SMILES string of the molecule is [O-][S+](c1ccccc1)n1cc(Br)c2cc(O)ccc21. The van der Waals surface area contributed by atoms with E-state index in [2.05, 4.69) is 15.9 Å². The molecule has 0 aliphatic rings. The minimum atomic E-state index is -1.30. The van der Waals surface area contributed by atoms with E-state index in [4.69, 9.17) is 0 Å². The molecular formula is C14H10BrNO2S. The fourth-order valence-electron chi connectivity index (χ4n) is 1.94. The molecule has 0 radical (unpaired) electrons. The van der Waals surface area contributed by atoms with Gasteiger partial charge in [-0.25, -0.2) is 0 Å². The molecule has 3 rings (SSSR count). The summed E-state index contributed by atoms with van der Waals surface area (Å²) >= 11 is 2.12. The quantitative estimate of drug-likeness (QED) is 0.726. The van der Waals surface area contributed by atoms with Gasteiger partial charge >= 0.3 is 0 Å². The summed E-state index contributed by atoms with van der Waals surface area (Å²) in [4.78, 5) is 0.736. The van der Waals surface area contributed by atoms with Crippen molar-refractivity contribution in [2.75, 3.05) is 0 Å². The molecule has 19 heavy (non-hydrogen) atoms. The van der Waals surface area contributed by atoms with Crippen molar-refractivity contribution in [2.45, 2.75) is 4.90 Å². The first-order chi connectivity index (χ1) is 9.16. The predicted octanol–water partition coefficient (Wildman–Crippen LogP) is 3.68. The molecule has 96 valence electrons. The Balaban J connectivity index is 2.16. The highest BCUT2D eigenvalue weighted by Crippen LogP contribution is 2.31. The van der Waals surface area contributed by atoms with Crippen molar-refractivity contribution >= 4 is 38.2 Å². The van der Waals surface area contributed by atoms with E-state index in [0.717, 1.165) is 20.3 Å². The summed E-state index contributed by atoms with van der Waals surface area (Å²) in [6.07, 6.45) is 1.77. The molecule has 0 aliphatic heterocycles. The van der Waals surface area contributed by atoms with Crippen LogP contribution in [0.4, 0.5) is 0 Å². The van der Waals surface area contributed by atoms with Crippen LogP contribution in [0.25, 0.3) is 10.9 Å². The number of nitrogens with zero attached hydrogens (tertiary/aromatic N) is 1. The molecule has 0 fully saturated rings. The average molecular weight is 336 g/mol. The van der Waals surface area contributed by atoms with E-state index in [9.17, 15) is 9.66 Å². The number of phenolic OH excluding ortho intramolecular Hbond substituents is 1. The number of hydrogen-bond donors (Lipinski definition) is 1. The van der Waals surface area contributed by atoms with Gasteiger partial charge in [0.05, 0.1) is 11.7 Å². The zero-order chi connectivity index (χ0) is 13.4. The van der Waals surface area contributed by atoms with Crippen molar-refractivity contribution in [3.8, 4) is 5.75 Å². The fourth-order valence-corrected chi connectivity index (χ4v) is 3.75. The predicted molar refractivity (Wildman–Crippen MR) is 79.6 cm³/mol. The maximum atomic E-state index is 12.5. The topological polar surface area (TPSA) is 48.2 Å². The monoisotopic (exact) mass is 335 g/mol. The third-order valence-electron chi connectivity index (χ3n) is 2.83. The molecule has 5 heteroatoms. The van der Waals surface area contributed by atoms with Crippen LogP contribution < -0.4 is 0 Å². The number of aromatic hydroxyl groups is 1. The fraction of sp³-hybridized carbons (Fsp3) is 0. The summed E-state index contributed by atoms with van der Waals surface area (Å²) in [5, 5.41) is 10.4. The second kappa shape index (κ2) is 4.92. The molecule has 1 unspecified atom stereocenters. The Kier molecular flexibility index (Phi) is 3.26. The molecule has 0 amide bonds. The lowest BCUT2D eigenvalue weighted by molar-refractivity contribution is 0.476. The van der Waals surface area contributed by atoms with Crippen LogP contribution in [0.3, 0.4) is 0 Å². The smallest absolute Gasteiger partial charge is 0.180 e. The molecule has 1 atom stereocenters. The number of rotatable bonds is 2. The zero-order valence-corrected chi connectivity index (χ0v) is 12.2. The van der Waals surface area contributed by atoms with Crippen LogP contribution in [0.5, 0.6) is 5.75 Å². The Bertz CT molecular complexity index is 727. The van der Waals surface area contributed by atoms with E-state index in [-0.39, 0.29) is 5.75 Å². The maximum Gasteiger partial charge on any atom is 0.180 e. The van der Waals surface area contributed by atoms with Gasteiger partial charge < -0.3 is 9.66 Å². The largest absolute Gasteiger partial charge is 0.587 e. The number of phenols is 1. The summed E-state index contributed by atoms with van der Waals surface area (Å²) in [7, 11) is 0. The second-order valence-corrected chi connectivity index (χ2v) is 6.28. The Morgan fingerprint density at radius 3 is 2.58 bits per heavy atom. The lowest BCUT2D eigenvalue weighted by Crippen LogP contribution is -2.11. The Hall–Kier alpha value is -1.43. The summed E-state index contributed by atoms with van der Waals surface area (Å²) in [5.74, 6) is 0.191. The molecule has 1 N–H and O–H groups in total. The van der Waals surface area contributed by atoms with E-state index in [1.54, 1.807) is 28.4 Å². The van der Waals surface area contributed by atoms with Crippen LogP contribution in [0.1, 0.15) is 0 Å². The molecule has 0 spiro atoms. The van der Waals surface area contributed by atoms with E-state index >= 15 is 0 Å². The van der Waals surface area contributed by atoms with Crippen molar-refractivity contribution < 1.29 is 9.66 Å². The van der Waals surface area contributed by atoms with Crippen LogP contribution in [0.2, 0.25) is 0 Å². The first kappa shape index (κ1) is 12.6. The molecule has 1 aromatic heterocycles. The summed E-state index contributed by atoms with van der Waals surface area (Å²) < 4.78 is 15.0. The normalized spacial score (nSPS) is 12.7.